The third-order valence-corrected chi connectivity index (χ3v) is 8.09. The molecule has 36 heavy (non-hydrogen) atoms. The highest BCUT2D eigenvalue weighted by Gasteiger charge is 2.30. The molecule has 3 aromatic rings. The Labute approximate surface area is 211 Å². The molecular formula is C25H23ClF4N2O3S. The summed E-state index contributed by atoms with van der Waals surface area (Å²) < 4.78 is 88.2. The highest BCUT2D eigenvalue weighted by atomic mass is 35.5. The first kappa shape index (κ1) is 26.6. The normalized spacial score (nSPS) is 16.2. The maximum Gasteiger partial charge on any atom is 0.243 e. The Balaban J connectivity index is 1.45. The molecule has 0 bridgehead atoms. The molecule has 0 N–H and O–H groups in total. The van der Waals surface area contributed by atoms with Crippen LogP contribution in [0.3, 0.4) is 0 Å². The minimum Gasteiger partial charge on any atom is -0.367 e. The lowest BCUT2D eigenvalue weighted by molar-refractivity contribution is 0.00546. The van der Waals surface area contributed by atoms with Crippen LogP contribution < -0.4 is 0 Å². The monoisotopic (exact) mass is 542 g/mol. The molecule has 0 saturated carbocycles. The summed E-state index contributed by atoms with van der Waals surface area (Å²) in [6.45, 7) is 0.841. The number of nitrogens with zero attached hydrogens (tertiary/aromatic N) is 2. The summed E-state index contributed by atoms with van der Waals surface area (Å²) in [6, 6.07) is 12.6. The number of piperazine rings is 1. The molecular weight excluding hydrogens is 520 g/mol. The van der Waals surface area contributed by atoms with E-state index in [-0.39, 0.29) is 25.3 Å². The molecule has 0 spiro atoms. The summed E-state index contributed by atoms with van der Waals surface area (Å²) in [4.78, 5) is 1.51. The van der Waals surface area contributed by atoms with Gasteiger partial charge in [-0.3, -0.25) is 4.90 Å². The van der Waals surface area contributed by atoms with Gasteiger partial charge in [-0.05, 0) is 42.0 Å². The van der Waals surface area contributed by atoms with Crippen LogP contribution >= 0.6 is 11.6 Å². The van der Waals surface area contributed by atoms with Crippen LogP contribution in [0.1, 0.15) is 17.2 Å². The smallest absolute Gasteiger partial charge is 0.243 e. The number of hydrogen-bond donors (Lipinski definition) is 0. The van der Waals surface area contributed by atoms with Crippen LogP contribution in [0.25, 0.3) is 0 Å². The van der Waals surface area contributed by atoms with Crippen LogP contribution in [0.4, 0.5) is 17.6 Å². The summed E-state index contributed by atoms with van der Waals surface area (Å²) in [6.07, 6.45) is -0.582. The summed E-state index contributed by atoms with van der Waals surface area (Å²) >= 11 is 5.99. The Kier molecular flexibility index (Phi) is 8.31. The zero-order valence-corrected chi connectivity index (χ0v) is 20.6. The molecule has 1 aliphatic heterocycles. The van der Waals surface area contributed by atoms with E-state index < -0.39 is 44.3 Å². The average Bonchev–Trinajstić information content (AvgIpc) is 2.83. The first-order chi connectivity index (χ1) is 17.1. The molecule has 3 aromatic carbocycles. The Morgan fingerprint density at radius 2 is 1.44 bits per heavy atom. The first-order valence-corrected chi connectivity index (χ1v) is 12.9. The predicted octanol–water partition coefficient (Wildman–Crippen LogP) is 5.16. The van der Waals surface area contributed by atoms with Crippen molar-refractivity contribution in [3.8, 4) is 0 Å². The van der Waals surface area contributed by atoms with Crippen molar-refractivity contribution in [3.63, 3.8) is 0 Å². The minimum absolute atomic E-state index is 0.0930. The Bertz CT molecular complexity index is 1280. The highest BCUT2D eigenvalue weighted by Crippen LogP contribution is 2.26. The van der Waals surface area contributed by atoms with Crippen molar-refractivity contribution >= 4 is 21.6 Å². The second-order valence-corrected chi connectivity index (χ2v) is 10.7. The lowest BCUT2D eigenvalue weighted by atomic mass is 10.1. The number of ether oxygens (including phenoxy) is 1. The van der Waals surface area contributed by atoms with Gasteiger partial charge in [-0.1, -0.05) is 29.8 Å². The topological polar surface area (TPSA) is 49.9 Å². The van der Waals surface area contributed by atoms with E-state index in [1.165, 1.54) is 10.4 Å². The highest BCUT2D eigenvalue weighted by molar-refractivity contribution is 7.89. The van der Waals surface area contributed by atoms with E-state index in [1.54, 1.807) is 24.3 Å². The molecule has 1 fully saturated rings. The van der Waals surface area contributed by atoms with E-state index in [0.717, 1.165) is 29.8 Å². The number of sulfonamides is 1. The summed E-state index contributed by atoms with van der Waals surface area (Å²) in [7, 11) is -4.07. The van der Waals surface area contributed by atoms with Gasteiger partial charge in [-0.2, -0.15) is 4.31 Å². The molecule has 11 heteroatoms. The Morgan fingerprint density at radius 1 is 0.861 bits per heavy atom. The average molecular weight is 543 g/mol. The molecule has 0 amide bonds. The standard InChI is InChI=1S/C25H23ClF4N2O3S/c26-18-6-4-17(5-7-18)25(35-16-22-23(29)2-1-3-24(22)30)15-31-8-10-32(11-9-31)36(33,34)21-13-19(27)12-20(28)14-21/h1-7,12-14,25H,8-11,15-16H2. The van der Waals surface area contributed by atoms with Crippen molar-refractivity contribution in [2.45, 2.75) is 17.6 Å². The molecule has 1 heterocycles. The lowest BCUT2D eigenvalue weighted by Gasteiger charge is -2.36. The predicted molar refractivity (Wildman–Crippen MR) is 127 cm³/mol. The van der Waals surface area contributed by atoms with Crippen LogP contribution in [0.2, 0.25) is 5.02 Å². The minimum atomic E-state index is -4.07. The van der Waals surface area contributed by atoms with E-state index in [1.807, 2.05) is 4.90 Å². The van der Waals surface area contributed by atoms with Crippen molar-refractivity contribution in [2.24, 2.45) is 0 Å². The van der Waals surface area contributed by atoms with E-state index in [0.29, 0.717) is 30.7 Å². The van der Waals surface area contributed by atoms with Crippen molar-refractivity contribution in [3.05, 3.63) is 100 Å². The fourth-order valence-corrected chi connectivity index (χ4v) is 5.59. The molecule has 1 unspecified atom stereocenters. The van der Waals surface area contributed by atoms with Gasteiger partial charge in [0.05, 0.1) is 17.6 Å². The molecule has 0 aromatic heterocycles. The van der Waals surface area contributed by atoms with E-state index >= 15 is 0 Å². The number of benzene rings is 3. The lowest BCUT2D eigenvalue weighted by Crippen LogP contribution is -2.49. The maximum atomic E-state index is 14.1. The molecule has 4 rings (SSSR count). The summed E-state index contributed by atoms with van der Waals surface area (Å²) in [5, 5.41) is 0.519. The van der Waals surface area contributed by atoms with Gasteiger partial charge in [0, 0.05) is 49.4 Å². The molecule has 192 valence electrons. The maximum absolute atomic E-state index is 14.1. The van der Waals surface area contributed by atoms with Gasteiger partial charge in [0.15, 0.2) is 0 Å². The third-order valence-electron chi connectivity index (χ3n) is 5.96. The summed E-state index contributed by atoms with van der Waals surface area (Å²) in [5.41, 5.74) is 0.552. The number of rotatable bonds is 8. The van der Waals surface area contributed by atoms with Crippen LogP contribution in [-0.4, -0.2) is 50.3 Å². The zero-order chi connectivity index (χ0) is 25.9. The Hall–Kier alpha value is -2.50. The SMILES string of the molecule is O=S(=O)(c1cc(F)cc(F)c1)N1CCN(CC(OCc2c(F)cccc2F)c2ccc(Cl)cc2)CC1. The van der Waals surface area contributed by atoms with Crippen LogP contribution in [0, 0.1) is 23.3 Å². The second-order valence-electron chi connectivity index (χ2n) is 8.36. The largest absolute Gasteiger partial charge is 0.367 e. The van der Waals surface area contributed by atoms with Crippen molar-refractivity contribution in [1.82, 2.24) is 9.21 Å². The fourth-order valence-electron chi connectivity index (χ4n) is 4.00. The molecule has 1 saturated heterocycles. The van der Waals surface area contributed by atoms with Gasteiger partial charge in [0.2, 0.25) is 10.0 Å². The number of hydrogen-bond acceptors (Lipinski definition) is 4. The van der Waals surface area contributed by atoms with Gasteiger partial charge < -0.3 is 4.74 Å². The third kappa shape index (κ3) is 6.24. The zero-order valence-electron chi connectivity index (χ0n) is 19.0. The van der Waals surface area contributed by atoms with Gasteiger partial charge in [0.1, 0.15) is 23.3 Å². The van der Waals surface area contributed by atoms with E-state index in [4.69, 9.17) is 16.3 Å². The number of halogens is 5. The van der Waals surface area contributed by atoms with Gasteiger partial charge in [-0.25, -0.2) is 26.0 Å². The van der Waals surface area contributed by atoms with Crippen LogP contribution in [0.15, 0.2) is 65.6 Å². The molecule has 1 aliphatic rings. The summed E-state index contributed by atoms with van der Waals surface area (Å²) in [5.74, 6) is -3.36. The van der Waals surface area contributed by atoms with E-state index in [2.05, 4.69) is 0 Å². The molecule has 0 radical (unpaired) electrons. The van der Waals surface area contributed by atoms with Crippen molar-refractivity contribution < 1.29 is 30.7 Å². The fraction of sp³-hybridized carbons (Fsp3) is 0.280. The van der Waals surface area contributed by atoms with Crippen molar-refractivity contribution in [1.29, 1.82) is 0 Å². The quantitative estimate of drug-likeness (QED) is 0.369. The first-order valence-electron chi connectivity index (χ1n) is 11.1. The Morgan fingerprint density at radius 3 is 2.03 bits per heavy atom. The van der Waals surface area contributed by atoms with E-state index in [9.17, 15) is 26.0 Å². The van der Waals surface area contributed by atoms with Gasteiger partial charge >= 0.3 is 0 Å². The van der Waals surface area contributed by atoms with Gasteiger partial charge in [0.25, 0.3) is 0 Å². The van der Waals surface area contributed by atoms with Crippen LogP contribution in [-0.2, 0) is 21.4 Å². The van der Waals surface area contributed by atoms with Gasteiger partial charge in [-0.15, -0.1) is 0 Å². The molecule has 0 aliphatic carbocycles. The molecule has 5 nitrogen and oxygen atoms in total. The molecule has 1 atom stereocenters. The van der Waals surface area contributed by atoms with Crippen LogP contribution in [0.5, 0.6) is 0 Å². The van der Waals surface area contributed by atoms with Crippen molar-refractivity contribution in [2.75, 3.05) is 32.7 Å². The second kappa shape index (κ2) is 11.3.